The van der Waals surface area contributed by atoms with Crippen molar-refractivity contribution in [2.24, 2.45) is 14.1 Å². The first-order valence-electron chi connectivity index (χ1n) is 9.37. The summed E-state index contributed by atoms with van der Waals surface area (Å²) in [5.74, 6) is 0. The number of hydrogen-bond acceptors (Lipinski definition) is 2. The lowest BCUT2D eigenvalue weighted by molar-refractivity contribution is 0.704. The summed E-state index contributed by atoms with van der Waals surface area (Å²) in [4.78, 5) is 25.4. The number of aromatic nitrogens is 3. The van der Waals surface area contributed by atoms with E-state index < -0.39 is 0 Å². The number of hydrogen-bond donors (Lipinski definition) is 0. The third kappa shape index (κ3) is 2.99. The summed E-state index contributed by atoms with van der Waals surface area (Å²) in [6.45, 7) is 2.76. The Labute approximate surface area is 163 Å². The Hall–Kier alpha value is -3.34. The molecule has 142 valence electrons. The maximum absolute atomic E-state index is 13.0. The Morgan fingerprint density at radius 1 is 0.857 bits per heavy atom. The summed E-state index contributed by atoms with van der Waals surface area (Å²) >= 11 is 0. The predicted octanol–water partition coefficient (Wildman–Crippen LogP) is 3.26. The third-order valence-electron chi connectivity index (χ3n) is 5.32. The molecule has 4 rings (SSSR count). The minimum Gasteiger partial charge on any atom is -0.344 e. The number of aryl methyl sites for hydroxylation is 4. The zero-order valence-corrected chi connectivity index (χ0v) is 16.3. The van der Waals surface area contributed by atoms with Gasteiger partial charge in [-0.15, -0.1) is 0 Å². The molecular weight excluding hydrogens is 350 g/mol. The topological polar surface area (TPSA) is 48.9 Å². The SMILES string of the molecule is Cc1ccc(-c2c3c(=O)n(C)c(=O)n(C)c3cn2CCc2ccccc2)cc1. The van der Waals surface area contributed by atoms with Crippen molar-refractivity contribution in [3.8, 4) is 11.3 Å². The van der Waals surface area contributed by atoms with Crippen LogP contribution in [0.1, 0.15) is 11.1 Å². The molecule has 2 heterocycles. The fourth-order valence-corrected chi connectivity index (χ4v) is 3.68. The van der Waals surface area contributed by atoms with Gasteiger partial charge in [0.1, 0.15) is 0 Å². The van der Waals surface area contributed by atoms with E-state index in [1.807, 2.05) is 55.6 Å². The van der Waals surface area contributed by atoms with Gasteiger partial charge in [0, 0.05) is 26.8 Å². The van der Waals surface area contributed by atoms with Crippen LogP contribution in [0.4, 0.5) is 0 Å². The van der Waals surface area contributed by atoms with Crippen molar-refractivity contribution >= 4 is 10.9 Å². The van der Waals surface area contributed by atoms with Crippen LogP contribution in [0, 0.1) is 6.92 Å². The standard InChI is InChI=1S/C23H23N3O2/c1-16-9-11-18(12-10-16)21-20-19(24(2)23(28)25(3)22(20)27)15-26(21)14-13-17-7-5-4-6-8-17/h4-12,15H,13-14H2,1-3H3. The molecule has 0 radical (unpaired) electrons. The van der Waals surface area contributed by atoms with Crippen LogP contribution >= 0.6 is 0 Å². The molecule has 0 bridgehead atoms. The molecule has 0 aliphatic rings. The van der Waals surface area contributed by atoms with Gasteiger partial charge in [-0.1, -0.05) is 60.2 Å². The Bertz CT molecular complexity index is 1260. The van der Waals surface area contributed by atoms with E-state index in [9.17, 15) is 9.59 Å². The quantitative estimate of drug-likeness (QED) is 0.551. The molecule has 0 amide bonds. The minimum absolute atomic E-state index is 0.257. The largest absolute Gasteiger partial charge is 0.344 e. The van der Waals surface area contributed by atoms with Crippen LogP contribution < -0.4 is 11.2 Å². The molecule has 0 atom stereocenters. The fourth-order valence-electron chi connectivity index (χ4n) is 3.68. The van der Waals surface area contributed by atoms with Crippen molar-refractivity contribution < 1.29 is 0 Å². The van der Waals surface area contributed by atoms with E-state index in [4.69, 9.17) is 0 Å². The highest BCUT2D eigenvalue weighted by atomic mass is 16.2. The number of nitrogens with zero attached hydrogens (tertiary/aromatic N) is 3. The smallest absolute Gasteiger partial charge is 0.330 e. The van der Waals surface area contributed by atoms with Gasteiger partial charge in [0.2, 0.25) is 0 Å². The van der Waals surface area contributed by atoms with Crippen LogP contribution in [-0.4, -0.2) is 13.7 Å². The van der Waals surface area contributed by atoms with Crippen molar-refractivity contribution in [1.29, 1.82) is 0 Å². The van der Waals surface area contributed by atoms with Gasteiger partial charge in [0.25, 0.3) is 5.56 Å². The van der Waals surface area contributed by atoms with Gasteiger partial charge in [-0.25, -0.2) is 4.79 Å². The lowest BCUT2D eigenvalue weighted by atomic mass is 10.1. The van der Waals surface area contributed by atoms with Crippen LogP contribution in [0.3, 0.4) is 0 Å². The van der Waals surface area contributed by atoms with Gasteiger partial charge in [-0.05, 0) is 24.5 Å². The van der Waals surface area contributed by atoms with Crippen molar-refractivity contribution in [3.05, 3.63) is 92.8 Å². The van der Waals surface area contributed by atoms with Gasteiger partial charge >= 0.3 is 5.69 Å². The summed E-state index contributed by atoms with van der Waals surface area (Å²) in [7, 11) is 3.24. The molecule has 0 N–H and O–H groups in total. The Kier molecular flexibility index (Phi) is 4.51. The molecule has 0 spiro atoms. The summed E-state index contributed by atoms with van der Waals surface area (Å²) in [5.41, 5.74) is 4.33. The first-order valence-corrected chi connectivity index (χ1v) is 9.37. The molecular formula is C23H23N3O2. The first-order chi connectivity index (χ1) is 13.5. The lowest BCUT2D eigenvalue weighted by Crippen LogP contribution is -2.36. The molecule has 0 aliphatic heterocycles. The van der Waals surface area contributed by atoms with Crippen LogP contribution in [-0.2, 0) is 27.1 Å². The lowest BCUT2D eigenvalue weighted by Gasteiger charge is -2.10. The van der Waals surface area contributed by atoms with Crippen LogP contribution in [0.2, 0.25) is 0 Å². The monoisotopic (exact) mass is 373 g/mol. The fraction of sp³-hybridized carbons (Fsp3) is 0.217. The summed E-state index contributed by atoms with van der Waals surface area (Å²) in [5, 5.41) is 0.585. The Morgan fingerprint density at radius 2 is 1.54 bits per heavy atom. The second-order valence-electron chi connectivity index (χ2n) is 7.24. The highest BCUT2D eigenvalue weighted by molar-refractivity contribution is 5.93. The molecule has 0 aliphatic carbocycles. The summed E-state index contributed by atoms with van der Waals surface area (Å²) in [6, 6.07) is 18.4. The van der Waals surface area contributed by atoms with Gasteiger partial charge in [0.05, 0.1) is 16.6 Å². The Balaban J connectivity index is 1.95. The molecule has 5 heteroatoms. The van der Waals surface area contributed by atoms with Gasteiger partial charge < -0.3 is 4.57 Å². The second-order valence-corrected chi connectivity index (χ2v) is 7.24. The van der Waals surface area contributed by atoms with E-state index in [1.54, 1.807) is 11.6 Å². The summed E-state index contributed by atoms with van der Waals surface area (Å²) in [6.07, 6.45) is 2.77. The number of fused-ring (bicyclic) bond motifs is 1. The first kappa shape index (κ1) is 18.0. The van der Waals surface area contributed by atoms with Crippen molar-refractivity contribution in [3.63, 3.8) is 0 Å². The molecule has 2 aromatic heterocycles. The van der Waals surface area contributed by atoms with E-state index in [0.29, 0.717) is 10.9 Å². The second kappa shape index (κ2) is 7.00. The third-order valence-corrected chi connectivity index (χ3v) is 5.32. The highest BCUT2D eigenvalue weighted by Gasteiger charge is 2.19. The number of rotatable bonds is 4. The van der Waals surface area contributed by atoms with Crippen molar-refractivity contribution in [2.45, 2.75) is 19.9 Å². The molecule has 0 unspecified atom stereocenters. The van der Waals surface area contributed by atoms with Crippen molar-refractivity contribution in [1.82, 2.24) is 13.7 Å². The number of benzene rings is 2. The normalized spacial score (nSPS) is 11.2. The molecule has 2 aromatic carbocycles. The predicted molar refractivity (Wildman–Crippen MR) is 113 cm³/mol. The molecule has 0 saturated carbocycles. The average Bonchev–Trinajstić information content (AvgIpc) is 3.10. The van der Waals surface area contributed by atoms with Crippen LogP contribution in [0.5, 0.6) is 0 Å². The van der Waals surface area contributed by atoms with Crippen LogP contribution in [0.25, 0.3) is 22.2 Å². The zero-order chi connectivity index (χ0) is 19.8. The molecule has 0 saturated heterocycles. The van der Waals surface area contributed by atoms with Gasteiger partial charge in [-0.3, -0.25) is 13.9 Å². The molecule has 4 aromatic rings. The average molecular weight is 373 g/mol. The molecule has 0 fully saturated rings. The highest BCUT2D eigenvalue weighted by Crippen LogP contribution is 2.28. The van der Waals surface area contributed by atoms with Crippen LogP contribution in [0.15, 0.2) is 70.4 Å². The molecule has 28 heavy (non-hydrogen) atoms. The van der Waals surface area contributed by atoms with E-state index in [1.165, 1.54) is 17.2 Å². The van der Waals surface area contributed by atoms with E-state index >= 15 is 0 Å². The maximum atomic E-state index is 13.0. The van der Waals surface area contributed by atoms with E-state index in [-0.39, 0.29) is 11.2 Å². The Morgan fingerprint density at radius 3 is 2.21 bits per heavy atom. The van der Waals surface area contributed by atoms with Gasteiger partial charge in [0.15, 0.2) is 0 Å². The van der Waals surface area contributed by atoms with Crippen molar-refractivity contribution in [2.75, 3.05) is 0 Å². The zero-order valence-electron chi connectivity index (χ0n) is 16.3. The van der Waals surface area contributed by atoms with E-state index in [0.717, 1.165) is 29.8 Å². The molecule has 5 nitrogen and oxygen atoms in total. The van der Waals surface area contributed by atoms with Gasteiger partial charge in [-0.2, -0.15) is 0 Å². The maximum Gasteiger partial charge on any atom is 0.330 e. The van der Waals surface area contributed by atoms with E-state index in [2.05, 4.69) is 16.7 Å². The minimum atomic E-state index is -0.312. The summed E-state index contributed by atoms with van der Waals surface area (Å²) < 4.78 is 4.83.